The minimum atomic E-state index is -0.189. The smallest absolute Gasteiger partial charge is 0.163 e. The standard InChI is InChI=1S/C15H11NO2/c1-10(17)14-8-13(5-6-15(14)18)12-4-2-3-11(7-12)9-16/h2-8,18H,1H3. The average Bonchev–Trinajstić information content (AvgIpc) is 2.39. The van der Waals surface area contributed by atoms with Gasteiger partial charge in [-0.05, 0) is 42.3 Å². The summed E-state index contributed by atoms with van der Waals surface area (Å²) >= 11 is 0. The van der Waals surface area contributed by atoms with Crippen molar-refractivity contribution in [3.05, 3.63) is 53.6 Å². The molecule has 0 aliphatic heterocycles. The minimum absolute atomic E-state index is 0.0253. The Hall–Kier alpha value is -2.60. The molecule has 0 aromatic heterocycles. The number of benzene rings is 2. The van der Waals surface area contributed by atoms with E-state index in [1.54, 1.807) is 30.3 Å². The molecular weight excluding hydrogens is 226 g/mol. The lowest BCUT2D eigenvalue weighted by molar-refractivity contribution is 0.101. The first-order chi connectivity index (χ1) is 8.61. The summed E-state index contributed by atoms with van der Waals surface area (Å²) in [5.74, 6) is -0.214. The van der Waals surface area contributed by atoms with Crippen LogP contribution in [0.4, 0.5) is 0 Å². The molecule has 0 radical (unpaired) electrons. The van der Waals surface area contributed by atoms with Gasteiger partial charge in [-0.2, -0.15) is 5.26 Å². The van der Waals surface area contributed by atoms with E-state index in [0.29, 0.717) is 5.56 Å². The largest absolute Gasteiger partial charge is 0.507 e. The number of ketones is 1. The minimum Gasteiger partial charge on any atom is -0.507 e. The zero-order valence-corrected chi connectivity index (χ0v) is 9.84. The zero-order valence-electron chi connectivity index (χ0n) is 9.84. The first-order valence-electron chi connectivity index (χ1n) is 5.46. The van der Waals surface area contributed by atoms with Crippen molar-refractivity contribution in [2.75, 3.05) is 0 Å². The van der Waals surface area contributed by atoms with Crippen LogP contribution in [0.5, 0.6) is 5.75 Å². The molecule has 88 valence electrons. The van der Waals surface area contributed by atoms with Crippen LogP contribution in [0.1, 0.15) is 22.8 Å². The van der Waals surface area contributed by atoms with Gasteiger partial charge in [0.2, 0.25) is 0 Å². The summed E-state index contributed by atoms with van der Waals surface area (Å²) in [6.07, 6.45) is 0. The number of nitrogens with zero attached hydrogens (tertiary/aromatic N) is 1. The molecule has 0 spiro atoms. The summed E-state index contributed by atoms with van der Waals surface area (Å²) in [7, 11) is 0. The van der Waals surface area contributed by atoms with Gasteiger partial charge >= 0.3 is 0 Å². The van der Waals surface area contributed by atoms with Crippen molar-refractivity contribution < 1.29 is 9.90 Å². The molecule has 2 rings (SSSR count). The molecule has 0 bridgehead atoms. The third kappa shape index (κ3) is 2.23. The number of phenolic OH excluding ortho intramolecular Hbond substituents is 1. The molecular formula is C15H11NO2. The molecule has 0 fully saturated rings. The number of carbonyl (C=O) groups is 1. The van der Waals surface area contributed by atoms with E-state index in [1.165, 1.54) is 13.0 Å². The summed E-state index contributed by atoms with van der Waals surface area (Å²) in [5, 5.41) is 18.4. The molecule has 0 heterocycles. The van der Waals surface area contributed by atoms with Gasteiger partial charge in [0.25, 0.3) is 0 Å². The van der Waals surface area contributed by atoms with E-state index < -0.39 is 0 Å². The molecule has 3 nitrogen and oxygen atoms in total. The lowest BCUT2D eigenvalue weighted by Crippen LogP contribution is -1.93. The first kappa shape index (κ1) is 11.9. The molecule has 0 aliphatic rings. The number of phenols is 1. The predicted molar refractivity (Wildman–Crippen MR) is 68.3 cm³/mol. The lowest BCUT2D eigenvalue weighted by Gasteiger charge is -2.06. The van der Waals surface area contributed by atoms with Gasteiger partial charge in [-0.15, -0.1) is 0 Å². The molecule has 3 heteroatoms. The maximum Gasteiger partial charge on any atom is 0.163 e. The number of Topliss-reactive ketones (excluding diaryl/α,β-unsaturated/α-hetero) is 1. The van der Waals surface area contributed by atoms with Crippen LogP contribution in [0.3, 0.4) is 0 Å². The van der Waals surface area contributed by atoms with Crippen LogP contribution in [0, 0.1) is 11.3 Å². The number of hydrogen-bond acceptors (Lipinski definition) is 3. The Balaban J connectivity index is 2.54. The highest BCUT2D eigenvalue weighted by Gasteiger charge is 2.08. The Bertz CT molecular complexity index is 654. The fraction of sp³-hybridized carbons (Fsp3) is 0.0667. The second-order valence-corrected chi connectivity index (χ2v) is 3.98. The summed E-state index contributed by atoms with van der Waals surface area (Å²) in [6.45, 7) is 1.41. The number of hydrogen-bond donors (Lipinski definition) is 1. The van der Waals surface area contributed by atoms with E-state index in [2.05, 4.69) is 6.07 Å². The highest BCUT2D eigenvalue weighted by molar-refractivity contribution is 5.98. The van der Waals surface area contributed by atoms with Crippen LogP contribution in [0.15, 0.2) is 42.5 Å². The summed E-state index contributed by atoms with van der Waals surface area (Å²) in [4.78, 5) is 11.4. The van der Waals surface area contributed by atoms with Crippen molar-refractivity contribution >= 4 is 5.78 Å². The molecule has 0 atom stereocenters. The van der Waals surface area contributed by atoms with E-state index in [4.69, 9.17) is 5.26 Å². The van der Waals surface area contributed by atoms with Gasteiger partial charge in [0.1, 0.15) is 5.75 Å². The Morgan fingerprint density at radius 3 is 2.56 bits per heavy atom. The van der Waals surface area contributed by atoms with Gasteiger partial charge < -0.3 is 5.11 Å². The van der Waals surface area contributed by atoms with Gasteiger partial charge in [-0.25, -0.2) is 0 Å². The summed E-state index contributed by atoms with van der Waals surface area (Å²) in [6, 6.07) is 14.0. The third-order valence-electron chi connectivity index (χ3n) is 2.70. The molecule has 0 aliphatic carbocycles. The fourth-order valence-corrected chi connectivity index (χ4v) is 1.77. The SMILES string of the molecule is CC(=O)c1cc(-c2cccc(C#N)c2)ccc1O. The van der Waals surface area contributed by atoms with Crippen LogP contribution in [0.2, 0.25) is 0 Å². The van der Waals surface area contributed by atoms with Gasteiger partial charge in [0, 0.05) is 0 Å². The lowest BCUT2D eigenvalue weighted by atomic mass is 9.99. The quantitative estimate of drug-likeness (QED) is 0.816. The van der Waals surface area contributed by atoms with E-state index in [1.807, 2.05) is 6.07 Å². The molecule has 2 aromatic carbocycles. The Morgan fingerprint density at radius 1 is 1.17 bits per heavy atom. The highest BCUT2D eigenvalue weighted by Crippen LogP contribution is 2.26. The molecule has 1 N–H and O–H groups in total. The Labute approximate surface area is 105 Å². The van der Waals surface area contributed by atoms with Crippen LogP contribution < -0.4 is 0 Å². The van der Waals surface area contributed by atoms with Crippen molar-refractivity contribution in [2.45, 2.75) is 6.92 Å². The molecule has 18 heavy (non-hydrogen) atoms. The van der Waals surface area contributed by atoms with Crippen LogP contribution in [-0.4, -0.2) is 10.9 Å². The van der Waals surface area contributed by atoms with Crippen molar-refractivity contribution in [1.29, 1.82) is 5.26 Å². The summed E-state index contributed by atoms with van der Waals surface area (Å²) in [5.41, 5.74) is 2.49. The van der Waals surface area contributed by atoms with Gasteiger partial charge in [-0.3, -0.25) is 4.79 Å². The molecule has 0 saturated heterocycles. The van der Waals surface area contributed by atoms with E-state index in [9.17, 15) is 9.90 Å². The van der Waals surface area contributed by atoms with Crippen molar-refractivity contribution in [3.63, 3.8) is 0 Å². The monoisotopic (exact) mass is 237 g/mol. The third-order valence-corrected chi connectivity index (χ3v) is 2.70. The first-order valence-corrected chi connectivity index (χ1v) is 5.46. The van der Waals surface area contributed by atoms with Crippen molar-refractivity contribution in [3.8, 4) is 22.9 Å². The van der Waals surface area contributed by atoms with Crippen LogP contribution in [-0.2, 0) is 0 Å². The van der Waals surface area contributed by atoms with Crippen LogP contribution in [0.25, 0.3) is 11.1 Å². The average molecular weight is 237 g/mol. The Morgan fingerprint density at radius 2 is 1.89 bits per heavy atom. The number of carbonyl (C=O) groups excluding carboxylic acids is 1. The van der Waals surface area contributed by atoms with Gasteiger partial charge in [0.05, 0.1) is 17.2 Å². The molecule has 2 aromatic rings. The second kappa shape index (κ2) is 4.72. The normalized spacial score (nSPS) is 9.78. The van der Waals surface area contributed by atoms with E-state index in [-0.39, 0.29) is 17.1 Å². The maximum absolute atomic E-state index is 11.4. The molecule has 0 unspecified atom stereocenters. The highest BCUT2D eigenvalue weighted by atomic mass is 16.3. The van der Waals surface area contributed by atoms with Gasteiger partial charge in [-0.1, -0.05) is 18.2 Å². The maximum atomic E-state index is 11.4. The Kier molecular flexibility index (Phi) is 3.11. The number of aromatic hydroxyl groups is 1. The van der Waals surface area contributed by atoms with E-state index >= 15 is 0 Å². The van der Waals surface area contributed by atoms with Gasteiger partial charge in [0.15, 0.2) is 5.78 Å². The second-order valence-electron chi connectivity index (χ2n) is 3.98. The molecule has 0 saturated carbocycles. The molecule has 0 amide bonds. The fourth-order valence-electron chi connectivity index (χ4n) is 1.77. The van der Waals surface area contributed by atoms with Crippen molar-refractivity contribution in [2.24, 2.45) is 0 Å². The van der Waals surface area contributed by atoms with Crippen LogP contribution >= 0.6 is 0 Å². The zero-order chi connectivity index (χ0) is 13.1. The van der Waals surface area contributed by atoms with Crippen molar-refractivity contribution in [1.82, 2.24) is 0 Å². The number of nitriles is 1. The summed E-state index contributed by atoms with van der Waals surface area (Å²) < 4.78 is 0. The topological polar surface area (TPSA) is 61.1 Å². The van der Waals surface area contributed by atoms with E-state index in [0.717, 1.165) is 11.1 Å². The predicted octanol–water partition coefficient (Wildman–Crippen LogP) is 3.13. The number of rotatable bonds is 2.